The number of aromatic nitrogens is 2. The predicted octanol–water partition coefficient (Wildman–Crippen LogP) is 3.45. The molecular weight excluding hydrogens is 338 g/mol. The highest BCUT2D eigenvalue weighted by atomic mass is 16.2. The molecule has 2 N–H and O–H groups in total. The molecule has 0 bridgehead atoms. The molecule has 6 heteroatoms. The number of nitrogens with zero attached hydrogens (tertiary/aromatic N) is 3. The maximum absolute atomic E-state index is 12.1. The summed E-state index contributed by atoms with van der Waals surface area (Å²) in [7, 11) is 1.63. The lowest BCUT2D eigenvalue weighted by molar-refractivity contribution is 0.227. The third-order valence-corrected chi connectivity index (χ3v) is 3.85. The summed E-state index contributed by atoms with van der Waals surface area (Å²) in [6, 6.07) is 12.6. The first-order valence-corrected chi connectivity index (χ1v) is 8.15. The van der Waals surface area contributed by atoms with Crippen molar-refractivity contribution in [3.8, 4) is 24.7 Å². The van der Waals surface area contributed by atoms with Crippen LogP contribution in [0.4, 0.5) is 22.0 Å². The van der Waals surface area contributed by atoms with Gasteiger partial charge in [-0.25, -0.2) is 14.8 Å². The molecule has 0 aliphatic rings. The first-order chi connectivity index (χ1) is 13.1. The molecule has 0 radical (unpaired) electrons. The molecule has 27 heavy (non-hydrogen) atoms. The second-order valence-electron chi connectivity index (χ2n) is 5.79. The highest BCUT2D eigenvalue weighted by molar-refractivity contribution is 5.96. The van der Waals surface area contributed by atoms with Crippen LogP contribution in [0.5, 0.6) is 0 Å². The van der Waals surface area contributed by atoms with E-state index in [1.807, 2.05) is 36.4 Å². The van der Waals surface area contributed by atoms with Crippen molar-refractivity contribution >= 4 is 34.1 Å². The van der Waals surface area contributed by atoms with Crippen molar-refractivity contribution in [2.24, 2.45) is 0 Å². The molecule has 1 heterocycles. The minimum atomic E-state index is -0.291. The van der Waals surface area contributed by atoms with Crippen LogP contribution < -0.4 is 10.6 Å². The van der Waals surface area contributed by atoms with Crippen LogP contribution in [0.3, 0.4) is 0 Å². The Morgan fingerprint density at radius 3 is 2.78 bits per heavy atom. The smallest absolute Gasteiger partial charge is 0.322 e. The lowest BCUT2D eigenvalue weighted by Gasteiger charge is -2.15. The van der Waals surface area contributed by atoms with Gasteiger partial charge in [0.15, 0.2) is 0 Å². The molecule has 2 amide bonds. The van der Waals surface area contributed by atoms with Gasteiger partial charge in [0.2, 0.25) is 0 Å². The molecule has 0 fully saturated rings. The highest BCUT2D eigenvalue weighted by Crippen LogP contribution is 2.26. The van der Waals surface area contributed by atoms with Crippen molar-refractivity contribution in [3.05, 3.63) is 54.4 Å². The van der Waals surface area contributed by atoms with E-state index >= 15 is 0 Å². The number of hydrogen-bond acceptors (Lipinski definition) is 4. The lowest BCUT2D eigenvalue weighted by atomic mass is 10.2. The molecule has 0 saturated carbocycles. The molecular formula is C21H17N5O. The Morgan fingerprint density at radius 2 is 2.00 bits per heavy atom. The number of hydrogen-bond donors (Lipinski definition) is 2. The van der Waals surface area contributed by atoms with Gasteiger partial charge in [-0.2, -0.15) is 0 Å². The number of urea groups is 1. The van der Waals surface area contributed by atoms with Gasteiger partial charge in [0.25, 0.3) is 0 Å². The normalized spacial score (nSPS) is 9.89. The van der Waals surface area contributed by atoms with Gasteiger partial charge in [-0.1, -0.05) is 17.9 Å². The number of anilines is 3. The van der Waals surface area contributed by atoms with Crippen molar-refractivity contribution in [1.29, 1.82) is 0 Å². The molecule has 132 valence electrons. The summed E-state index contributed by atoms with van der Waals surface area (Å²) in [6.07, 6.45) is 12.2. The van der Waals surface area contributed by atoms with Crippen molar-refractivity contribution in [3.63, 3.8) is 0 Å². The number of nitrogens with one attached hydrogen (secondary N) is 2. The molecule has 0 saturated heterocycles. The van der Waals surface area contributed by atoms with Crippen molar-refractivity contribution in [2.45, 2.75) is 0 Å². The molecule has 0 unspecified atom stereocenters. The maximum atomic E-state index is 12.1. The van der Waals surface area contributed by atoms with E-state index in [0.717, 1.165) is 22.2 Å². The molecule has 3 aromatic rings. The second kappa shape index (κ2) is 7.90. The summed E-state index contributed by atoms with van der Waals surface area (Å²) >= 11 is 0. The van der Waals surface area contributed by atoms with Gasteiger partial charge in [-0.05, 0) is 36.4 Å². The van der Waals surface area contributed by atoms with Crippen LogP contribution in [0.1, 0.15) is 5.56 Å². The number of fused-ring (bicyclic) bond motifs is 1. The van der Waals surface area contributed by atoms with E-state index in [1.54, 1.807) is 13.1 Å². The van der Waals surface area contributed by atoms with Crippen LogP contribution in [0.25, 0.3) is 10.9 Å². The van der Waals surface area contributed by atoms with E-state index in [4.69, 9.17) is 12.8 Å². The number of amides is 2. The molecule has 0 aliphatic heterocycles. The second-order valence-corrected chi connectivity index (χ2v) is 5.79. The summed E-state index contributed by atoms with van der Waals surface area (Å²) < 4.78 is 0. The summed E-state index contributed by atoms with van der Waals surface area (Å²) in [5, 5.41) is 6.82. The van der Waals surface area contributed by atoms with E-state index in [0.29, 0.717) is 11.5 Å². The summed E-state index contributed by atoms with van der Waals surface area (Å²) in [6.45, 7) is 0.223. The number of carbonyl (C=O) groups is 1. The monoisotopic (exact) mass is 355 g/mol. The number of carbonyl (C=O) groups excluding carboxylic acids is 1. The van der Waals surface area contributed by atoms with Crippen LogP contribution in [-0.2, 0) is 0 Å². The molecule has 1 aromatic heterocycles. The average molecular weight is 355 g/mol. The van der Waals surface area contributed by atoms with E-state index < -0.39 is 0 Å². The van der Waals surface area contributed by atoms with Gasteiger partial charge in [0.1, 0.15) is 12.1 Å². The lowest BCUT2D eigenvalue weighted by Crippen LogP contribution is -2.31. The van der Waals surface area contributed by atoms with Crippen molar-refractivity contribution in [1.82, 2.24) is 14.9 Å². The standard InChI is InChI=1S/C21H17N5O/c1-4-11-26(3)21(27)25-17-9-10-19-18(13-17)20(23-14-22-19)24-16-8-6-7-15(5-2)12-16/h1-2,6-10,12-14H,11H2,3H3,(H,25,27)(H,22,23,24). The first-order valence-electron chi connectivity index (χ1n) is 8.15. The van der Waals surface area contributed by atoms with Crippen LogP contribution in [0.15, 0.2) is 48.8 Å². The predicted molar refractivity (Wildman–Crippen MR) is 108 cm³/mol. The minimum Gasteiger partial charge on any atom is -0.340 e. The number of rotatable bonds is 4. The Hall–Kier alpha value is -4.03. The number of benzene rings is 2. The van der Waals surface area contributed by atoms with Gasteiger partial charge in [0.05, 0.1) is 12.1 Å². The molecule has 0 atom stereocenters. The average Bonchev–Trinajstić information content (AvgIpc) is 2.68. The Labute approximate surface area is 157 Å². The van der Waals surface area contributed by atoms with Gasteiger partial charge >= 0.3 is 6.03 Å². The van der Waals surface area contributed by atoms with Gasteiger partial charge in [-0.3, -0.25) is 0 Å². The maximum Gasteiger partial charge on any atom is 0.322 e. The van der Waals surface area contributed by atoms with E-state index in [-0.39, 0.29) is 12.6 Å². The fourth-order valence-electron chi connectivity index (χ4n) is 2.49. The van der Waals surface area contributed by atoms with Crippen LogP contribution in [0, 0.1) is 24.7 Å². The molecule has 2 aromatic carbocycles. The topological polar surface area (TPSA) is 70.2 Å². The molecule has 0 spiro atoms. The fraction of sp³-hybridized carbons (Fsp3) is 0.0952. The number of terminal acetylenes is 2. The van der Waals surface area contributed by atoms with E-state index in [1.165, 1.54) is 11.2 Å². The van der Waals surface area contributed by atoms with Gasteiger partial charge < -0.3 is 15.5 Å². The molecule has 6 nitrogen and oxygen atoms in total. The summed E-state index contributed by atoms with van der Waals surface area (Å²) in [4.78, 5) is 22.1. The Morgan fingerprint density at radius 1 is 1.15 bits per heavy atom. The third-order valence-electron chi connectivity index (χ3n) is 3.85. The zero-order chi connectivity index (χ0) is 19.2. The summed E-state index contributed by atoms with van der Waals surface area (Å²) in [5.41, 5.74) is 2.94. The Bertz CT molecular complexity index is 1080. The van der Waals surface area contributed by atoms with E-state index in [2.05, 4.69) is 32.4 Å². The Balaban J connectivity index is 1.91. The van der Waals surface area contributed by atoms with Crippen molar-refractivity contribution < 1.29 is 4.79 Å². The third kappa shape index (κ3) is 4.15. The minimum absolute atomic E-state index is 0.223. The quantitative estimate of drug-likeness (QED) is 0.703. The van der Waals surface area contributed by atoms with Crippen molar-refractivity contribution in [2.75, 3.05) is 24.2 Å². The molecule has 0 aliphatic carbocycles. The first kappa shape index (κ1) is 17.8. The zero-order valence-corrected chi connectivity index (χ0v) is 14.7. The van der Waals surface area contributed by atoms with Gasteiger partial charge in [0, 0.05) is 29.4 Å². The largest absolute Gasteiger partial charge is 0.340 e. The zero-order valence-electron chi connectivity index (χ0n) is 14.7. The summed E-state index contributed by atoms with van der Waals surface area (Å²) in [5.74, 6) is 5.65. The van der Waals surface area contributed by atoms with Crippen LogP contribution >= 0.6 is 0 Å². The van der Waals surface area contributed by atoms with Crippen LogP contribution in [0.2, 0.25) is 0 Å². The van der Waals surface area contributed by atoms with Crippen LogP contribution in [-0.4, -0.2) is 34.5 Å². The van der Waals surface area contributed by atoms with E-state index in [9.17, 15) is 4.79 Å². The SMILES string of the molecule is C#CCN(C)C(=O)Nc1ccc2ncnc(Nc3cccc(C#C)c3)c2c1. The fourth-order valence-corrected chi connectivity index (χ4v) is 2.49. The molecule has 3 rings (SSSR count). The Kier molecular flexibility index (Phi) is 5.20. The van der Waals surface area contributed by atoms with Gasteiger partial charge in [-0.15, -0.1) is 12.8 Å². The highest BCUT2D eigenvalue weighted by Gasteiger charge is 2.10.